The number of nitrogens with zero attached hydrogens (tertiary/aromatic N) is 1. The highest BCUT2D eigenvalue weighted by atomic mass is 16.7. The van der Waals surface area contributed by atoms with Crippen molar-refractivity contribution in [2.24, 2.45) is 5.41 Å². The maximum atomic E-state index is 12.7. The van der Waals surface area contributed by atoms with E-state index < -0.39 is 0 Å². The molecule has 2 aliphatic rings. The van der Waals surface area contributed by atoms with Crippen molar-refractivity contribution in [2.75, 3.05) is 25.6 Å². The molecule has 3 rings (SSSR count). The van der Waals surface area contributed by atoms with Gasteiger partial charge in [0.25, 0.3) is 5.91 Å². The monoisotopic (exact) mass is 276 g/mol. The minimum atomic E-state index is -0.0198. The van der Waals surface area contributed by atoms with Gasteiger partial charge in [-0.05, 0) is 24.3 Å². The molecule has 0 unspecified atom stereocenters. The zero-order chi connectivity index (χ0) is 14.3. The molecule has 20 heavy (non-hydrogen) atoms. The van der Waals surface area contributed by atoms with Crippen LogP contribution in [0.5, 0.6) is 11.5 Å². The molecule has 2 aliphatic heterocycles. The fraction of sp³-hybridized carbons (Fsp3) is 0.533. The summed E-state index contributed by atoms with van der Waals surface area (Å²) in [6, 6.07) is 3.37. The highest BCUT2D eigenvalue weighted by molar-refractivity contribution is 6.00. The number of likely N-dealkylation sites (tertiary alicyclic amines) is 1. The summed E-state index contributed by atoms with van der Waals surface area (Å²) in [5.41, 5.74) is 7.10. The van der Waals surface area contributed by atoms with Crippen molar-refractivity contribution in [3.63, 3.8) is 0 Å². The fourth-order valence-corrected chi connectivity index (χ4v) is 2.91. The first-order valence-electron chi connectivity index (χ1n) is 6.95. The predicted octanol–water partition coefficient (Wildman–Crippen LogP) is 2.26. The van der Waals surface area contributed by atoms with E-state index in [2.05, 4.69) is 13.8 Å². The van der Waals surface area contributed by atoms with Gasteiger partial charge in [0.1, 0.15) is 0 Å². The van der Waals surface area contributed by atoms with Gasteiger partial charge in [-0.3, -0.25) is 4.79 Å². The Balaban J connectivity index is 1.87. The van der Waals surface area contributed by atoms with Gasteiger partial charge in [-0.15, -0.1) is 0 Å². The summed E-state index contributed by atoms with van der Waals surface area (Å²) >= 11 is 0. The standard InChI is InChI=1S/C15H20N2O3/c1-15(2)4-3-5-17(8-15)14(18)10-6-12-13(7-11(10)16)20-9-19-12/h6-7H,3-5,8-9,16H2,1-2H3. The van der Waals surface area contributed by atoms with Gasteiger partial charge >= 0.3 is 0 Å². The Kier molecular flexibility index (Phi) is 3.00. The van der Waals surface area contributed by atoms with E-state index in [1.165, 1.54) is 0 Å². The van der Waals surface area contributed by atoms with Crippen LogP contribution in [0.4, 0.5) is 5.69 Å². The van der Waals surface area contributed by atoms with Gasteiger partial charge in [0.2, 0.25) is 6.79 Å². The number of benzene rings is 1. The Morgan fingerprint density at radius 1 is 1.30 bits per heavy atom. The van der Waals surface area contributed by atoms with Gasteiger partial charge in [0.15, 0.2) is 11.5 Å². The average Bonchev–Trinajstić information content (AvgIpc) is 2.82. The van der Waals surface area contributed by atoms with Crippen LogP contribution < -0.4 is 15.2 Å². The molecule has 1 aromatic rings. The van der Waals surface area contributed by atoms with Crippen molar-refractivity contribution in [1.82, 2.24) is 4.90 Å². The van der Waals surface area contributed by atoms with Crippen LogP contribution in [0.2, 0.25) is 0 Å². The number of nitrogen functional groups attached to an aromatic ring is 1. The number of amides is 1. The first-order valence-corrected chi connectivity index (χ1v) is 6.95. The van der Waals surface area contributed by atoms with Crippen LogP contribution in [-0.2, 0) is 0 Å². The van der Waals surface area contributed by atoms with Crippen LogP contribution in [-0.4, -0.2) is 30.7 Å². The lowest BCUT2D eigenvalue weighted by Crippen LogP contribution is -2.43. The van der Waals surface area contributed by atoms with E-state index in [4.69, 9.17) is 15.2 Å². The zero-order valence-corrected chi connectivity index (χ0v) is 11.9. The molecule has 1 aromatic carbocycles. The highest BCUT2D eigenvalue weighted by Gasteiger charge is 2.31. The van der Waals surface area contributed by atoms with E-state index >= 15 is 0 Å². The summed E-state index contributed by atoms with van der Waals surface area (Å²) < 4.78 is 10.6. The number of hydrogen-bond acceptors (Lipinski definition) is 4. The normalized spacial score (nSPS) is 20.0. The van der Waals surface area contributed by atoms with Gasteiger partial charge in [0.05, 0.1) is 5.56 Å². The number of anilines is 1. The zero-order valence-electron chi connectivity index (χ0n) is 11.9. The lowest BCUT2D eigenvalue weighted by molar-refractivity contribution is 0.0584. The largest absolute Gasteiger partial charge is 0.454 e. The van der Waals surface area contributed by atoms with Crippen molar-refractivity contribution in [3.8, 4) is 11.5 Å². The molecule has 0 radical (unpaired) electrons. The molecule has 0 atom stereocenters. The molecular formula is C15H20N2O3. The Labute approximate surface area is 118 Å². The summed E-state index contributed by atoms with van der Waals surface area (Å²) in [5, 5.41) is 0. The summed E-state index contributed by atoms with van der Waals surface area (Å²) in [6.07, 6.45) is 2.18. The van der Waals surface area contributed by atoms with Crippen LogP contribution >= 0.6 is 0 Å². The molecule has 5 nitrogen and oxygen atoms in total. The topological polar surface area (TPSA) is 64.8 Å². The van der Waals surface area contributed by atoms with Crippen LogP contribution in [0.1, 0.15) is 37.0 Å². The molecule has 5 heteroatoms. The molecule has 1 amide bonds. The van der Waals surface area contributed by atoms with E-state index in [0.717, 1.165) is 25.9 Å². The Bertz CT molecular complexity index is 554. The number of rotatable bonds is 1. The van der Waals surface area contributed by atoms with Crippen molar-refractivity contribution in [3.05, 3.63) is 17.7 Å². The number of fused-ring (bicyclic) bond motifs is 1. The molecule has 1 saturated heterocycles. The van der Waals surface area contributed by atoms with Crippen LogP contribution in [0.25, 0.3) is 0 Å². The van der Waals surface area contributed by atoms with E-state index in [1.54, 1.807) is 12.1 Å². The molecule has 0 aliphatic carbocycles. The van der Waals surface area contributed by atoms with E-state index in [9.17, 15) is 4.79 Å². The van der Waals surface area contributed by atoms with E-state index in [0.29, 0.717) is 22.7 Å². The van der Waals surface area contributed by atoms with Gasteiger partial charge < -0.3 is 20.1 Å². The number of ether oxygens (including phenoxy) is 2. The second kappa shape index (κ2) is 4.58. The number of carbonyl (C=O) groups excluding carboxylic acids is 1. The third-order valence-electron chi connectivity index (χ3n) is 3.96. The first kappa shape index (κ1) is 13.1. The van der Waals surface area contributed by atoms with Crippen molar-refractivity contribution in [2.45, 2.75) is 26.7 Å². The van der Waals surface area contributed by atoms with Crippen molar-refractivity contribution >= 4 is 11.6 Å². The van der Waals surface area contributed by atoms with Gasteiger partial charge in [-0.25, -0.2) is 0 Å². The summed E-state index contributed by atoms with van der Waals surface area (Å²) in [5.74, 6) is 1.19. The predicted molar refractivity (Wildman–Crippen MR) is 75.9 cm³/mol. The lowest BCUT2D eigenvalue weighted by Gasteiger charge is -2.38. The molecule has 0 spiro atoms. The minimum absolute atomic E-state index is 0.0198. The SMILES string of the molecule is CC1(C)CCCN(C(=O)c2cc3c(cc2N)OCO3)C1. The number of hydrogen-bond donors (Lipinski definition) is 1. The molecule has 108 valence electrons. The summed E-state index contributed by atoms with van der Waals surface area (Å²) in [4.78, 5) is 14.5. The van der Waals surface area contributed by atoms with Crippen LogP contribution in [0.15, 0.2) is 12.1 Å². The third kappa shape index (κ3) is 2.28. The Hall–Kier alpha value is -1.91. The first-order chi connectivity index (χ1) is 9.46. The Morgan fingerprint density at radius 3 is 2.70 bits per heavy atom. The number of carbonyl (C=O) groups is 1. The summed E-state index contributed by atoms with van der Waals surface area (Å²) in [7, 11) is 0. The van der Waals surface area contributed by atoms with E-state index in [1.807, 2.05) is 4.90 Å². The number of piperidine rings is 1. The second-order valence-electron chi connectivity index (χ2n) is 6.29. The third-order valence-corrected chi connectivity index (χ3v) is 3.96. The fourth-order valence-electron chi connectivity index (χ4n) is 2.91. The molecule has 2 heterocycles. The summed E-state index contributed by atoms with van der Waals surface area (Å²) in [6.45, 7) is 6.11. The lowest BCUT2D eigenvalue weighted by atomic mass is 9.84. The number of nitrogens with two attached hydrogens (primary N) is 1. The maximum absolute atomic E-state index is 12.7. The minimum Gasteiger partial charge on any atom is -0.454 e. The maximum Gasteiger partial charge on any atom is 0.256 e. The van der Waals surface area contributed by atoms with E-state index in [-0.39, 0.29) is 18.1 Å². The quantitative estimate of drug-likeness (QED) is 0.799. The van der Waals surface area contributed by atoms with Crippen LogP contribution in [0, 0.1) is 5.41 Å². The van der Waals surface area contributed by atoms with Crippen molar-refractivity contribution in [1.29, 1.82) is 0 Å². The smallest absolute Gasteiger partial charge is 0.256 e. The molecule has 1 fully saturated rings. The molecule has 0 bridgehead atoms. The molecular weight excluding hydrogens is 256 g/mol. The van der Waals surface area contributed by atoms with Gasteiger partial charge in [-0.2, -0.15) is 0 Å². The molecule has 2 N–H and O–H groups in total. The van der Waals surface area contributed by atoms with Crippen LogP contribution in [0.3, 0.4) is 0 Å². The average molecular weight is 276 g/mol. The second-order valence-corrected chi connectivity index (χ2v) is 6.29. The Morgan fingerprint density at radius 2 is 2.00 bits per heavy atom. The molecule has 0 saturated carbocycles. The molecule has 0 aromatic heterocycles. The van der Waals surface area contributed by atoms with Gasteiger partial charge in [-0.1, -0.05) is 13.8 Å². The highest BCUT2D eigenvalue weighted by Crippen LogP contribution is 2.37. The van der Waals surface area contributed by atoms with Crippen molar-refractivity contribution < 1.29 is 14.3 Å². The van der Waals surface area contributed by atoms with Gasteiger partial charge in [0, 0.05) is 24.8 Å².